The monoisotopic (exact) mass is 323 g/mol. The molecule has 0 saturated carbocycles. The molecule has 120 valence electrons. The minimum atomic E-state index is -0.0618. The molecule has 2 rings (SSSR count). The molecule has 1 heterocycles. The zero-order valence-corrected chi connectivity index (χ0v) is 13.8. The number of benzene rings is 1. The standard InChI is InChI=1S/C16H22ClN3O2/c1-12(2)18-16(22)20-9-7-19(8-10-20)15(21)11-13-5-3-4-6-14(13)17/h3-6,12H,7-11H2,1-2H3,(H,18,22). The van der Waals surface area contributed by atoms with Crippen LogP contribution in [0.2, 0.25) is 5.02 Å². The number of urea groups is 1. The number of halogens is 1. The van der Waals surface area contributed by atoms with Gasteiger partial charge in [0, 0.05) is 37.2 Å². The van der Waals surface area contributed by atoms with Crippen LogP contribution in [0, 0.1) is 0 Å². The van der Waals surface area contributed by atoms with Crippen LogP contribution < -0.4 is 5.32 Å². The Balaban J connectivity index is 1.85. The smallest absolute Gasteiger partial charge is 0.317 e. The van der Waals surface area contributed by atoms with Crippen LogP contribution >= 0.6 is 11.6 Å². The molecule has 6 heteroatoms. The van der Waals surface area contributed by atoms with Gasteiger partial charge in [-0.15, -0.1) is 0 Å². The minimum absolute atomic E-state index is 0.0528. The Kier molecular flexibility index (Phi) is 5.66. The van der Waals surface area contributed by atoms with Gasteiger partial charge in [0.25, 0.3) is 0 Å². The van der Waals surface area contributed by atoms with E-state index >= 15 is 0 Å². The third-order valence-electron chi connectivity index (χ3n) is 3.63. The Labute approximate surface area is 136 Å². The molecule has 3 amide bonds. The number of piperazine rings is 1. The molecule has 1 saturated heterocycles. The van der Waals surface area contributed by atoms with E-state index in [2.05, 4.69) is 5.32 Å². The van der Waals surface area contributed by atoms with Crippen molar-refractivity contribution in [3.8, 4) is 0 Å². The van der Waals surface area contributed by atoms with Crippen LogP contribution in [0.5, 0.6) is 0 Å². The molecule has 0 spiro atoms. The van der Waals surface area contributed by atoms with Crippen molar-refractivity contribution in [2.75, 3.05) is 26.2 Å². The average molecular weight is 324 g/mol. The molecule has 0 bridgehead atoms. The number of hydrogen-bond donors (Lipinski definition) is 1. The largest absolute Gasteiger partial charge is 0.339 e. The number of rotatable bonds is 3. The molecule has 0 aromatic heterocycles. The number of nitrogens with zero attached hydrogens (tertiary/aromatic N) is 2. The number of amides is 3. The molecule has 22 heavy (non-hydrogen) atoms. The summed E-state index contributed by atoms with van der Waals surface area (Å²) >= 11 is 6.09. The lowest BCUT2D eigenvalue weighted by molar-refractivity contribution is -0.131. The fraction of sp³-hybridized carbons (Fsp3) is 0.500. The number of carbonyl (C=O) groups excluding carboxylic acids is 2. The summed E-state index contributed by atoms with van der Waals surface area (Å²) in [5, 5.41) is 3.49. The molecule has 1 aliphatic heterocycles. The molecule has 1 fully saturated rings. The lowest BCUT2D eigenvalue weighted by Crippen LogP contribution is -2.54. The van der Waals surface area contributed by atoms with E-state index in [1.807, 2.05) is 32.0 Å². The predicted molar refractivity (Wildman–Crippen MR) is 87.0 cm³/mol. The van der Waals surface area contributed by atoms with E-state index in [0.29, 0.717) is 37.6 Å². The van der Waals surface area contributed by atoms with Gasteiger partial charge < -0.3 is 15.1 Å². The van der Waals surface area contributed by atoms with Crippen LogP contribution in [0.1, 0.15) is 19.4 Å². The molecule has 1 N–H and O–H groups in total. The van der Waals surface area contributed by atoms with Crippen LogP contribution in [-0.2, 0) is 11.2 Å². The highest BCUT2D eigenvalue weighted by atomic mass is 35.5. The second kappa shape index (κ2) is 7.49. The van der Waals surface area contributed by atoms with Gasteiger partial charge in [-0.05, 0) is 25.5 Å². The van der Waals surface area contributed by atoms with Crippen LogP contribution in [-0.4, -0.2) is 54.0 Å². The molecular formula is C16H22ClN3O2. The van der Waals surface area contributed by atoms with Crippen molar-refractivity contribution < 1.29 is 9.59 Å². The second-order valence-electron chi connectivity index (χ2n) is 5.74. The summed E-state index contributed by atoms with van der Waals surface area (Å²) in [6.07, 6.45) is 0.303. The molecule has 1 aromatic carbocycles. The van der Waals surface area contributed by atoms with E-state index in [-0.39, 0.29) is 18.0 Å². The van der Waals surface area contributed by atoms with Crippen molar-refractivity contribution in [1.29, 1.82) is 0 Å². The van der Waals surface area contributed by atoms with Crippen molar-refractivity contribution >= 4 is 23.5 Å². The molecule has 0 radical (unpaired) electrons. The molecule has 0 atom stereocenters. The highest BCUT2D eigenvalue weighted by Gasteiger charge is 2.24. The molecule has 0 unspecified atom stereocenters. The first-order chi connectivity index (χ1) is 10.5. The van der Waals surface area contributed by atoms with E-state index in [4.69, 9.17) is 11.6 Å². The fourth-order valence-electron chi connectivity index (χ4n) is 2.41. The maximum atomic E-state index is 12.3. The highest BCUT2D eigenvalue weighted by molar-refractivity contribution is 6.31. The van der Waals surface area contributed by atoms with E-state index in [1.54, 1.807) is 15.9 Å². The Morgan fingerprint density at radius 1 is 1.14 bits per heavy atom. The van der Waals surface area contributed by atoms with Crippen molar-refractivity contribution in [2.24, 2.45) is 0 Å². The van der Waals surface area contributed by atoms with Crippen molar-refractivity contribution in [3.63, 3.8) is 0 Å². The molecule has 0 aliphatic carbocycles. The van der Waals surface area contributed by atoms with E-state index in [1.165, 1.54) is 0 Å². The first-order valence-electron chi connectivity index (χ1n) is 7.54. The van der Waals surface area contributed by atoms with Crippen molar-refractivity contribution in [1.82, 2.24) is 15.1 Å². The third kappa shape index (κ3) is 4.37. The van der Waals surface area contributed by atoms with Gasteiger partial charge in [-0.3, -0.25) is 4.79 Å². The summed E-state index contributed by atoms with van der Waals surface area (Å²) in [5.41, 5.74) is 0.842. The van der Waals surface area contributed by atoms with Gasteiger partial charge in [-0.1, -0.05) is 29.8 Å². The van der Waals surface area contributed by atoms with E-state index in [0.717, 1.165) is 5.56 Å². The van der Waals surface area contributed by atoms with Crippen LogP contribution in [0.15, 0.2) is 24.3 Å². The summed E-state index contributed by atoms with van der Waals surface area (Å²) < 4.78 is 0. The molecule has 5 nitrogen and oxygen atoms in total. The number of hydrogen-bond acceptors (Lipinski definition) is 2. The first kappa shape index (κ1) is 16.6. The summed E-state index contributed by atoms with van der Waals surface area (Å²) in [6, 6.07) is 7.44. The summed E-state index contributed by atoms with van der Waals surface area (Å²) in [4.78, 5) is 27.8. The molecule has 1 aliphatic rings. The van der Waals surface area contributed by atoms with Crippen LogP contribution in [0.25, 0.3) is 0 Å². The lowest BCUT2D eigenvalue weighted by atomic mass is 10.1. The average Bonchev–Trinajstić information content (AvgIpc) is 2.49. The van der Waals surface area contributed by atoms with Gasteiger partial charge in [0.05, 0.1) is 6.42 Å². The summed E-state index contributed by atoms with van der Waals surface area (Å²) in [6.45, 7) is 6.12. The topological polar surface area (TPSA) is 52.7 Å². The van der Waals surface area contributed by atoms with Gasteiger partial charge in [0.15, 0.2) is 0 Å². The quantitative estimate of drug-likeness (QED) is 0.926. The lowest BCUT2D eigenvalue weighted by Gasteiger charge is -2.35. The van der Waals surface area contributed by atoms with Crippen molar-refractivity contribution in [2.45, 2.75) is 26.3 Å². The van der Waals surface area contributed by atoms with Gasteiger partial charge in [-0.2, -0.15) is 0 Å². The fourth-order valence-corrected chi connectivity index (χ4v) is 2.62. The van der Waals surface area contributed by atoms with Gasteiger partial charge in [0.2, 0.25) is 5.91 Å². The maximum absolute atomic E-state index is 12.3. The second-order valence-corrected chi connectivity index (χ2v) is 6.15. The van der Waals surface area contributed by atoms with Crippen LogP contribution in [0.4, 0.5) is 4.79 Å². The van der Waals surface area contributed by atoms with Gasteiger partial charge >= 0.3 is 6.03 Å². The van der Waals surface area contributed by atoms with Crippen molar-refractivity contribution in [3.05, 3.63) is 34.9 Å². The Bertz CT molecular complexity index is 540. The Morgan fingerprint density at radius 3 is 2.32 bits per heavy atom. The van der Waals surface area contributed by atoms with Crippen LogP contribution in [0.3, 0.4) is 0 Å². The number of carbonyl (C=O) groups is 2. The Hall–Kier alpha value is -1.75. The SMILES string of the molecule is CC(C)NC(=O)N1CCN(C(=O)Cc2ccccc2Cl)CC1. The molecule has 1 aromatic rings. The maximum Gasteiger partial charge on any atom is 0.317 e. The Morgan fingerprint density at radius 2 is 1.73 bits per heavy atom. The van der Waals surface area contributed by atoms with Gasteiger partial charge in [-0.25, -0.2) is 4.79 Å². The summed E-state index contributed by atoms with van der Waals surface area (Å²) in [7, 11) is 0. The first-order valence-corrected chi connectivity index (χ1v) is 7.92. The van der Waals surface area contributed by atoms with E-state index < -0.39 is 0 Å². The normalized spacial score (nSPS) is 15.1. The van der Waals surface area contributed by atoms with E-state index in [9.17, 15) is 9.59 Å². The number of nitrogens with one attached hydrogen (secondary N) is 1. The molecular weight excluding hydrogens is 302 g/mol. The zero-order valence-electron chi connectivity index (χ0n) is 13.0. The summed E-state index contributed by atoms with van der Waals surface area (Å²) in [5.74, 6) is 0.0528. The third-order valence-corrected chi connectivity index (χ3v) is 4.00. The van der Waals surface area contributed by atoms with Gasteiger partial charge in [0.1, 0.15) is 0 Å². The highest BCUT2D eigenvalue weighted by Crippen LogP contribution is 2.16. The zero-order chi connectivity index (χ0) is 16.1. The minimum Gasteiger partial charge on any atom is -0.339 e. The predicted octanol–water partition coefficient (Wildman–Crippen LogP) is 2.14.